The number of likely N-dealkylation sites (N-methyl/N-ethyl adjacent to an activating group) is 2. The molecule has 4 aliphatic heterocycles. The number of likely N-dealkylation sites (tertiary alicyclic amines) is 2. The zero-order chi connectivity index (χ0) is 41.8. The highest BCUT2D eigenvalue weighted by molar-refractivity contribution is 6.01. The molecule has 0 radical (unpaired) electrons. The molecule has 5 heterocycles. The van der Waals surface area contributed by atoms with E-state index in [1.165, 1.54) is 102 Å². The van der Waals surface area contributed by atoms with Crippen LogP contribution in [0.1, 0.15) is 145 Å². The van der Waals surface area contributed by atoms with Crippen molar-refractivity contribution in [2.24, 2.45) is 24.8 Å². The summed E-state index contributed by atoms with van der Waals surface area (Å²) in [6.45, 7) is 12.0. The number of rotatable bonds is 0. The topological polar surface area (TPSA) is 69.1 Å². The highest BCUT2D eigenvalue weighted by Crippen LogP contribution is 2.40. The van der Waals surface area contributed by atoms with Gasteiger partial charge in [-0.05, 0) is 117 Å². The maximum atomic E-state index is 11.4. The smallest absolute Gasteiger partial charge is 0.231 e. The van der Waals surface area contributed by atoms with Crippen molar-refractivity contribution in [3.63, 3.8) is 0 Å². The van der Waals surface area contributed by atoms with Gasteiger partial charge in [-0.2, -0.15) is 0 Å². The molecule has 1 aromatic heterocycles. The summed E-state index contributed by atoms with van der Waals surface area (Å²) < 4.78 is 2.16. The first-order chi connectivity index (χ1) is 27.7. The normalized spacial score (nSPS) is 20.4. The molecular formula is C57H95N5O3. The Morgan fingerprint density at radius 2 is 1.17 bits per heavy atom. The number of hydrogen-bond acceptors (Lipinski definition) is 4. The molecule has 3 aromatic carbocycles. The van der Waals surface area contributed by atoms with Crippen LogP contribution in [0.15, 0.2) is 78.1 Å². The summed E-state index contributed by atoms with van der Waals surface area (Å²) in [5, 5.41) is 1.33. The van der Waals surface area contributed by atoms with Crippen LogP contribution in [0.5, 0.6) is 0 Å². The quantitative estimate of drug-likeness (QED) is 0.176. The maximum absolute atomic E-state index is 11.4. The van der Waals surface area contributed by atoms with E-state index in [2.05, 4.69) is 99.9 Å². The lowest BCUT2D eigenvalue weighted by Gasteiger charge is -2.34. The molecule has 366 valence electrons. The van der Waals surface area contributed by atoms with Crippen LogP contribution in [0.25, 0.3) is 10.9 Å². The molecule has 2 aliphatic carbocycles. The van der Waals surface area contributed by atoms with Crippen molar-refractivity contribution >= 4 is 40.0 Å². The van der Waals surface area contributed by atoms with Crippen LogP contribution in [0, 0.1) is 38.5 Å². The highest BCUT2D eigenvalue weighted by Gasteiger charge is 2.42. The maximum Gasteiger partial charge on any atom is 0.231 e. The number of aromatic nitrogens is 1. The van der Waals surface area contributed by atoms with Gasteiger partial charge in [0.25, 0.3) is 0 Å². The number of nitrogens with zero attached hydrogens (tertiary/aromatic N) is 5. The van der Waals surface area contributed by atoms with E-state index in [0.29, 0.717) is 36.1 Å². The number of benzene rings is 3. The first-order valence-corrected chi connectivity index (χ1v) is 21.5. The van der Waals surface area contributed by atoms with Crippen LogP contribution < -0.4 is 9.80 Å². The van der Waals surface area contributed by atoms with Crippen LogP contribution in [0.3, 0.4) is 0 Å². The monoisotopic (exact) mass is 898 g/mol. The Morgan fingerprint density at radius 3 is 1.75 bits per heavy atom. The number of aryl methyl sites for hydroxylation is 4. The lowest BCUT2D eigenvalue weighted by atomic mass is 9.78. The van der Waals surface area contributed by atoms with Gasteiger partial charge in [0, 0.05) is 89.9 Å². The summed E-state index contributed by atoms with van der Waals surface area (Å²) >= 11 is 0. The molecule has 4 aromatic rings. The van der Waals surface area contributed by atoms with Gasteiger partial charge >= 0.3 is 0 Å². The SMILES string of the molecule is C.C.C.C.C.C.C.CC1=C2C(CCC1)CC(=O)N2C.CC1CCCC2CC(=O)N(C)C12.Cc1cccc2c1N(C)C(=O)C2.Cc1cccc2c1N(C)CC2.Cc1cccc2ccn(C)c12. The number of amides is 3. The fourth-order valence-corrected chi connectivity index (χ4v) is 10.6. The second-order valence-corrected chi connectivity index (χ2v) is 17.7. The van der Waals surface area contributed by atoms with E-state index in [9.17, 15) is 14.4 Å². The number of anilines is 2. The summed E-state index contributed by atoms with van der Waals surface area (Å²) in [6, 6.07) is 21.7. The predicted molar refractivity (Wildman–Crippen MR) is 286 cm³/mol. The molecule has 0 spiro atoms. The second kappa shape index (κ2) is 26.9. The molecule has 8 nitrogen and oxygen atoms in total. The van der Waals surface area contributed by atoms with Gasteiger partial charge in [0.1, 0.15) is 0 Å². The Morgan fingerprint density at radius 1 is 0.569 bits per heavy atom. The predicted octanol–water partition coefficient (Wildman–Crippen LogP) is 14.0. The summed E-state index contributed by atoms with van der Waals surface area (Å²) in [6.07, 6.45) is 13.0. The van der Waals surface area contributed by atoms with Crippen molar-refractivity contribution in [3.8, 4) is 0 Å². The summed E-state index contributed by atoms with van der Waals surface area (Å²) in [5.41, 5.74) is 13.2. The molecule has 10 rings (SSSR count). The van der Waals surface area contributed by atoms with E-state index in [1.807, 2.05) is 56.1 Å². The van der Waals surface area contributed by atoms with Crippen molar-refractivity contribution in [3.05, 3.63) is 106 Å². The van der Waals surface area contributed by atoms with Crippen LogP contribution in [0.4, 0.5) is 11.4 Å². The molecule has 6 aliphatic rings. The molecule has 8 heteroatoms. The van der Waals surface area contributed by atoms with Crippen LogP contribution >= 0.6 is 0 Å². The molecule has 4 unspecified atom stereocenters. The van der Waals surface area contributed by atoms with Gasteiger partial charge in [-0.3, -0.25) is 14.4 Å². The average molecular weight is 898 g/mol. The molecular weight excluding hydrogens is 803 g/mol. The third-order valence-corrected chi connectivity index (χ3v) is 13.6. The fraction of sp³-hybridized carbons (Fsp3) is 0.561. The van der Waals surface area contributed by atoms with E-state index >= 15 is 0 Å². The standard InChI is InChI=1S/C10H17NO.C10H15NO.C10H11NO.C10H13N.C10H11N.7CH4/c3*1-7-4-3-5-8-6-9(12)11(2)10(7)8;2*1-8-4-3-5-9-6-7-11(2)10(8)9;;;;;;;/h7-8,10H,3-6H2,1-2H3;8H,3-6H2,1-2H3;3-5H,6H2,1-2H3;3-5H,6-7H2,1-2H3;3-7H,1-2H3;7*1H4. The minimum absolute atomic E-state index is 0. The van der Waals surface area contributed by atoms with Crippen molar-refractivity contribution in [1.82, 2.24) is 14.4 Å². The fourth-order valence-electron chi connectivity index (χ4n) is 10.6. The van der Waals surface area contributed by atoms with E-state index in [0.717, 1.165) is 30.0 Å². The van der Waals surface area contributed by atoms with Gasteiger partial charge < -0.3 is 24.2 Å². The summed E-state index contributed by atoms with van der Waals surface area (Å²) in [4.78, 5) is 42.0. The number of para-hydroxylation sites is 3. The Hall–Kier alpha value is -4.85. The lowest BCUT2D eigenvalue weighted by molar-refractivity contribution is -0.128. The largest absolute Gasteiger partial charge is 0.374 e. The zero-order valence-corrected chi connectivity index (χ0v) is 36.9. The molecule has 0 bridgehead atoms. The van der Waals surface area contributed by atoms with Crippen LogP contribution in [0.2, 0.25) is 0 Å². The van der Waals surface area contributed by atoms with E-state index in [4.69, 9.17) is 0 Å². The third kappa shape index (κ3) is 13.6. The molecule has 3 amide bonds. The Balaban J connectivity index is 0. The molecule has 2 saturated heterocycles. The molecule has 4 atom stereocenters. The van der Waals surface area contributed by atoms with Crippen LogP contribution in [-0.4, -0.2) is 72.9 Å². The Bertz CT molecular complexity index is 2170. The van der Waals surface area contributed by atoms with Crippen LogP contribution in [-0.2, 0) is 34.3 Å². The van der Waals surface area contributed by atoms with E-state index < -0.39 is 0 Å². The van der Waals surface area contributed by atoms with Gasteiger partial charge in [-0.15, -0.1) is 0 Å². The summed E-state index contributed by atoms with van der Waals surface area (Å²) in [7, 11) is 9.96. The average Bonchev–Trinajstić information content (AvgIpc) is 3.99. The van der Waals surface area contributed by atoms with Gasteiger partial charge in [0.15, 0.2) is 0 Å². The summed E-state index contributed by atoms with van der Waals surface area (Å²) in [5.74, 6) is 2.80. The van der Waals surface area contributed by atoms with E-state index in [1.54, 1.807) is 4.90 Å². The van der Waals surface area contributed by atoms with Gasteiger partial charge in [0.2, 0.25) is 17.7 Å². The third-order valence-electron chi connectivity index (χ3n) is 13.6. The number of allylic oxidation sites excluding steroid dienone is 2. The molecule has 3 fully saturated rings. The lowest BCUT2D eigenvalue weighted by Crippen LogP contribution is -2.39. The van der Waals surface area contributed by atoms with Gasteiger partial charge in [-0.25, -0.2) is 0 Å². The highest BCUT2D eigenvalue weighted by atomic mass is 16.2. The zero-order valence-electron chi connectivity index (χ0n) is 36.9. The Labute approximate surface area is 399 Å². The van der Waals surface area contributed by atoms with Crippen molar-refractivity contribution in [2.45, 2.75) is 157 Å². The van der Waals surface area contributed by atoms with Gasteiger partial charge in [0.05, 0.1) is 11.9 Å². The van der Waals surface area contributed by atoms with Gasteiger partial charge in [-0.1, -0.05) is 126 Å². The van der Waals surface area contributed by atoms with E-state index in [-0.39, 0.29) is 57.9 Å². The minimum Gasteiger partial charge on any atom is -0.374 e. The first kappa shape index (κ1) is 62.2. The number of hydrogen-bond donors (Lipinski definition) is 0. The van der Waals surface area contributed by atoms with Crippen molar-refractivity contribution in [2.75, 3.05) is 44.5 Å². The van der Waals surface area contributed by atoms with Crippen molar-refractivity contribution in [1.29, 1.82) is 0 Å². The second-order valence-electron chi connectivity index (χ2n) is 17.7. The molecule has 65 heavy (non-hydrogen) atoms. The molecule has 0 N–H and O–H groups in total. The first-order valence-electron chi connectivity index (χ1n) is 21.5. The van der Waals surface area contributed by atoms with Crippen molar-refractivity contribution < 1.29 is 14.4 Å². The minimum atomic E-state index is 0. The Kier molecular flexibility index (Phi) is 25.8. The number of carbonyl (C=O) groups excluding carboxylic acids is 3. The number of carbonyl (C=O) groups is 3. The molecule has 1 saturated carbocycles. The number of fused-ring (bicyclic) bond motifs is 5.